The van der Waals surface area contributed by atoms with E-state index in [2.05, 4.69) is 11.5 Å². The monoisotopic (exact) mass is 544 g/mol. The first-order valence-corrected chi connectivity index (χ1v) is 14.1. The maximum atomic E-state index is 14.0. The molecule has 1 aromatic heterocycles. The Balaban J connectivity index is 2.01. The fraction of sp³-hybridized carbons (Fsp3) is 0.250. The number of hydrogen-bond donors (Lipinski definition) is 3. The molecule has 1 heterocycles. The molecule has 1 atom stereocenters. The number of ether oxygens (including phenoxy) is 2. The first-order chi connectivity index (χ1) is 16.5. The number of nitriles is 1. The highest BCUT2D eigenvalue weighted by atomic mass is 32.2. The van der Waals surface area contributed by atoms with Gasteiger partial charge in [-0.1, -0.05) is 6.07 Å². The Morgan fingerprint density at radius 2 is 1.74 bits per heavy atom. The van der Waals surface area contributed by atoms with Crippen LogP contribution in [0.15, 0.2) is 40.6 Å². The number of nitrogens with zero attached hydrogens (tertiary/aromatic N) is 1. The van der Waals surface area contributed by atoms with Gasteiger partial charge in [-0.3, -0.25) is 0 Å². The van der Waals surface area contributed by atoms with E-state index in [-0.39, 0.29) is 9.77 Å². The van der Waals surface area contributed by atoms with Crippen LogP contribution < -0.4 is 35.4 Å². The van der Waals surface area contributed by atoms with Gasteiger partial charge in [-0.25, -0.2) is 12.8 Å². The smallest absolute Gasteiger partial charge is 0.250 e. The Morgan fingerprint density at radius 3 is 2.29 bits per heavy atom. The van der Waals surface area contributed by atoms with Crippen LogP contribution in [0.2, 0.25) is 0 Å². The van der Waals surface area contributed by atoms with Crippen molar-refractivity contribution in [3.8, 4) is 17.6 Å². The van der Waals surface area contributed by atoms with Crippen LogP contribution >= 0.6 is 18.9 Å². The molecular weight excluding hydrogens is 522 g/mol. The summed E-state index contributed by atoms with van der Waals surface area (Å²) >= 11 is 0.817. The molecule has 0 aliphatic heterocycles. The summed E-state index contributed by atoms with van der Waals surface area (Å²) in [5.74, 6) is -2.62. The molecule has 0 saturated heterocycles. The summed E-state index contributed by atoms with van der Waals surface area (Å²) in [6.07, 6.45) is 0. The van der Waals surface area contributed by atoms with E-state index in [1.165, 1.54) is 6.07 Å². The second-order valence-electron chi connectivity index (χ2n) is 7.22. The molecule has 3 aromatic rings. The summed E-state index contributed by atoms with van der Waals surface area (Å²) in [5, 5.41) is 9.32. The third kappa shape index (κ3) is 6.35. The van der Waals surface area contributed by atoms with Crippen molar-refractivity contribution in [3.63, 3.8) is 0 Å². The van der Waals surface area contributed by atoms with Gasteiger partial charge in [0.25, 0.3) is 10.0 Å². The molecule has 7 N–H and O–H groups in total. The van der Waals surface area contributed by atoms with Gasteiger partial charge in [0, 0.05) is 10.8 Å². The average molecular weight is 545 g/mol. The second-order valence-corrected chi connectivity index (χ2v) is 11.8. The third-order valence-corrected chi connectivity index (χ3v) is 8.87. The summed E-state index contributed by atoms with van der Waals surface area (Å²) in [7, 11) is -10.2. The van der Waals surface area contributed by atoms with Gasteiger partial charge < -0.3 is 35.3 Å². The number of quaternary nitrogens is 2. The van der Waals surface area contributed by atoms with E-state index < -0.39 is 34.8 Å². The summed E-state index contributed by atoms with van der Waals surface area (Å²) in [6, 6.07) is 8.62. The fourth-order valence-electron chi connectivity index (χ4n) is 3.06. The molecule has 15 heteroatoms. The maximum Gasteiger partial charge on any atom is 0.250 e. The van der Waals surface area contributed by atoms with Crippen LogP contribution in [0.3, 0.4) is 0 Å². The van der Waals surface area contributed by atoms with Gasteiger partial charge in [-0.2, -0.15) is 9.98 Å². The van der Waals surface area contributed by atoms with Crippen molar-refractivity contribution in [1.29, 1.82) is 5.26 Å². The number of fused-ring (bicyclic) bond motifs is 1. The van der Waals surface area contributed by atoms with Crippen LogP contribution in [-0.2, 0) is 14.6 Å². The van der Waals surface area contributed by atoms with E-state index >= 15 is 0 Å². The maximum absolute atomic E-state index is 14.0. The fourth-order valence-corrected chi connectivity index (χ4v) is 7.00. The minimum atomic E-state index is -5.62. The number of thiophene rings is 1. The SMILES string of the molecule is N#Cc1ccc(C(NS(=O)(=O)c2cc3cc(OCC[NH3+])c(OCC[NH3+])cc3s2)P(=O)([O-])[O-])cc1F. The number of sulfonamides is 1. The van der Waals surface area contributed by atoms with Gasteiger partial charge in [-0.05, 0) is 42.8 Å². The van der Waals surface area contributed by atoms with E-state index in [4.69, 9.17) is 14.7 Å². The van der Waals surface area contributed by atoms with E-state index in [0.29, 0.717) is 54.0 Å². The number of nitrogens with one attached hydrogen (secondary N) is 1. The van der Waals surface area contributed by atoms with Gasteiger partial charge in [0.15, 0.2) is 11.5 Å². The molecule has 3 rings (SSSR count). The topological polar surface area (TPSA) is 207 Å². The molecule has 2 aromatic carbocycles. The summed E-state index contributed by atoms with van der Waals surface area (Å²) in [5.41, 5.74) is 6.57. The molecule has 188 valence electrons. The predicted octanol–water partition coefficient (Wildman–Crippen LogP) is -0.956. The lowest BCUT2D eigenvalue weighted by atomic mass is 10.1. The molecule has 0 saturated carbocycles. The van der Waals surface area contributed by atoms with Gasteiger partial charge in [0.1, 0.15) is 42.4 Å². The molecular formula is C20H22FN4O7PS2. The minimum absolute atomic E-state index is 0.280. The van der Waals surface area contributed by atoms with Crippen LogP contribution in [0.1, 0.15) is 16.9 Å². The van der Waals surface area contributed by atoms with Crippen LogP contribution in [-0.4, -0.2) is 34.7 Å². The van der Waals surface area contributed by atoms with Crippen LogP contribution in [0, 0.1) is 17.1 Å². The average Bonchev–Trinajstić information content (AvgIpc) is 3.22. The highest BCUT2D eigenvalue weighted by Crippen LogP contribution is 2.44. The number of hydrogen-bond acceptors (Lipinski definition) is 9. The van der Waals surface area contributed by atoms with Crippen molar-refractivity contribution in [2.75, 3.05) is 26.3 Å². The minimum Gasteiger partial charge on any atom is -0.809 e. The molecule has 0 radical (unpaired) electrons. The van der Waals surface area contributed by atoms with Crippen molar-refractivity contribution in [1.82, 2.24) is 4.72 Å². The summed E-state index contributed by atoms with van der Waals surface area (Å²) in [4.78, 5) is 23.8. The van der Waals surface area contributed by atoms with Crippen molar-refractivity contribution in [3.05, 3.63) is 53.3 Å². The van der Waals surface area contributed by atoms with Crippen LogP contribution in [0.25, 0.3) is 10.1 Å². The van der Waals surface area contributed by atoms with E-state index in [0.717, 1.165) is 23.5 Å². The number of halogens is 1. The second kappa shape index (κ2) is 11.0. The molecule has 0 amide bonds. The summed E-state index contributed by atoms with van der Waals surface area (Å²) in [6.45, 7) is 1.58. The van der Waals surface area contributed by atoms with E-state index in [1.807, 2.05) is 4.72 Å². The molecule has 0 bridgehead atoms. The van der Waals surface area contributed by atoms with Crippen molar-refractivity contribution < 1.29 is 48.1 Å². The lowest BCUT2D eigenvalue weighted by molar-refractivity contribution is -0.372. The first-order valence-electron chi connectivity index (χ1n) is 10.2. The lowest BCUT2D eigenvalue weighted by Crippen LogP contribution is -2.53. The molecule has 1 unspecified atom stereocenters. The molecule has 11 nitrogen and oxygen atoms in total. The largest absolute Gasteiger partial charge is 0.809 e. The molecule has 35 heavy (non-hydrogen) atoms. The zero-order valence-electron chi connectivity index (χ0n) is 18.2. The summed E-state index contributed by atoms with van der Waals surface area (Å²) < 4.78 is 65.3. The van der Waals surface area contributed by atoms with Gasteiger partial charge in [-0.15, -0.1) is 11.3 Å². The molecule has 0 aliphatic carbocycles. The molecule has 0 fully saturated rings. The Hall–Kier alpha value is -2.60. The number of rotatable bonds is 11. The Bertz CT molecular complexity index is 1370. The predicted molar refractivity (Wildman–Crippen MR) is 120 cm³/mol. The van der Waals surface area contributed by atoms with Gasteiger partial charge in [0.05, 0.1) is 11.3 Å². The normalized spacial score (nSPS) is 12.9. The first kappa shape index (κ1) is 27.0. The van der Waals surface area contributed by atoms with Gasteiger partial charge in [0.2, 0.25) is 0 Å². The zero-order valence-corrected chi connectivity index (χ0v) is 20.8. The number of benzene rings is 2. The van der Waals surface area contributed by atoms with E-state index in [1.54, 1.807) is 18.2 Å². The van der Waals surface area contributed by atoms with Crippen molar-refractivity contribution >= 4 is 39.0 Å². The Kier molecular flexibility index (Phi) is 8.47. The van der Waals surface area contributed by atoms with Crippen LogP contribution in [0.5, 0.6) is 11.5 Å². The van der Waals surface area contributed by atoms with Crippen molar-refractivity contribution in [2.45, 2.75) is 9.99 Å². The van der Waals surface area contributed by atoms with Crippen LogP contribution in [0.4, 0.5) is 4.39 Å². The van der Waals surface area contributed by atoms with Gasteiger partial charge >= 0.3 is 0 Å². The van der Waals surface area contributed by atoms with E-state index in [9.17, 15) is 27.2 Å². The third-order valence-electron chi connectivity index (χ3n) is 4.64. The lowest BCUT2D eigenvalue weighted by Gasteiger charge is -2.38. The Morgan fingerprint density at radius 1 is 1.11 bits per heavy atom. The van der Waals surface area contributed by atoms with Crippen molar-refractivity contribution in [2.24, 2.45) is 0 Å². The zero-order chi connectivity index (χ0) is 25.8. The standard InChI is InChI=1S/C20H22FN4O7PS2/c21-15-7-12(1-2-13(15)11-24)20(33(26,27)28)25-35(29,30)19-9-14-8-16(31-5-3-22)17(32-6-4-23)10-18(14)34-19/h1-2,7-10,20,25H,3-6,22-23H2,(H2,26,27,28). The highest BCUT2D eigenvalue weighted by Gasteiger charge is 2.27. The Labute approximate surface area is 204 Å². The quantitative estimate of drug-likeness (QED) is 0.256. The highest BCUT2D eigenvalue weighted by molar-refractivity contribution is 7.92. The molecule has 0 spiro atoms. The molecule has 0 aliphatic rings.